The predicted molar refractivity (Wildman–Crippen MR) is 151 cm³/mol. The van der Waals surface area contributed by atoms with Crippen LogP contribution in [0.25, 0.3) is 33.3 Å². The molecule has 1 aliphatic rings. The minimum atomic E-state index is -0.292. The van der Waals surface area contributed by atoms with Crippen LogP contribution in [0.3, 0.4) is 0 Å². The third-order valence-electron chi connectivity index (χ3n) is 7.42. The monoisotopic (exact) mass is 507 g/mol. The first-order valence-electron chi connectivity index (χ1n) is 13.2. The summed E-state index contributed by atoms with van der Waals surface area (Å²) in [5.41, 5.74) is 6.29. The van der Waals surface area contributed by atoms with Crippen LogP contribution in [0.15, 0.2) is 79.5 Å². The van der Waals surface area contributed by atoms with Crippen LogP contribution in [0, 0.1) is 0 Å². The standard InChI is InChI=1S/C30H33N7O/c1-21(38)19-35-10-12-36(13-11-35)29-9-8-24(15-31-29)25-14-27-28(18-33-30(27)32-16-25)26-17-34-37(20-26)22(2)23-6-4-3-5-7-23/h3-9,14-18,20-22,38H,10-13,19H2,1-2H3,(H,32,33)/t21-,22?/m0/s1. The first-order chi connectivity index (χ1) is 18.5. The molecular weight excluding hydrogens is 474 g/mol. The molecule has 0 aliphatic carbocycles. The lowest BCUT2D eigenvalue weighted by Crippen LogP contribution is -2.48. The molecule has 0 amide bonds. The van der Waals surface area contributed by atoms with Crippen LogP contribution in [-0.4, -0.2) is 73.6 Å². The zero-order chi connectivity index (χ0) is 26.1. The van der Waals surface area contributed by atoms with Gasteiger partial charge in [-0.25, -0.2) is 9.97 Å². The number of nitrogens with one attached hydrogen (secondary N) is 1. The summed E-state index contributed by atoms with van der Waals surface area (Å²) in [5.74, 6) is 0.988. The molecule has 1 fully saturated rings. The molecule has 0 bridgehead atoms. The highest BCUT2D eigenvalue weighted by molar-refractivity contribution is 5.95. The summed E-state index contributed by atoms with van der Waals surface area (Å²) in [6, 6.07) is 17.0. The van der Waals surface area contributed by atoms with Crippen LogP contribution in [-0.2, 0) is 0 Å². The third kappa shape index (κ3) is 4.92. The van der Waals surface area contributed by atoms with E-state index in [9.17, 15) is 5.11 Å². The molecule has 4 aromatic heterocycles. The molecule has 0 radical (unpaired) electrons. The fraction of sp³-hybridized carbons (Fsp3) is 0.300. The summed E-state index contributed by atoms with van der Waals surface area (Å²) in [5, 5.41) is 15.4. The van der Waals surface area contributed by atoms with Crippen molar-refractivity contribution in [2.45, 2.75) is 26.0 Å². The number of rotatable bonds is 7. The molecular formula is C30H33N7O. The number of H-pyrrole nitrogens is 1. The van der Waals surface area contributed by atoms with E-state index in [1.54, 1.807) is 0 Å². The maximum atomic E-state index is 9.65. The summed E-state index contributed by atoms with van der Waals surface area (Å²) in [4.78, 5) is 17.4. The van der Waals surface area contributed by atoms with Crippen molar-refractivity contribution in [2.75, 3.05) is 37.6 Å². The van der Waals surface area contributed by atoms with Crippen LogP contribution < -0.4 is 4.90 Å². The van der Waals surface area contributed by atoms with Gasteiger partial charge in [-0.15, -0.1) is 0 Å². The van der Waals surface area contributed by atoms with Crippen LogP contribution in [0.4, 0.5) is 5.82 Å². The normalized spacial score (nSPS) is 16.1. The smallest absolute Gasteiger partial charge is 0.137 e. The molecule has 8 nitrogen and oxygen atoms in total. The van der Waals surface area contributed by atoms with Crippen LogP contribution in [0.2, 0.25) is 0 Å². The van der Waals surface area contributed by atoms with Gasteiger partial charge in [-0.3, -0.25) is 9.58 Å². The van der Waals surface area contributed by atoms with E-state index in [1.165, 1.54) is 5.56 Å². The minimum absolute atomic E-state index is 0.148. The molecule has 6 rings (SSSR count). The van der Waals surface area contributed by atoms with Gasteiger partial charge < -0.3 is 15.0 Å². The average Bonchev–Trinajstić information content (AvgIpc) is 3.60. The van der Waals surface area contributed by atoms with Crippen LogP contribution in [0.1, 0.15) is 25.5 Å². The fourth-order valence-electron chi connectivity index (χ4n) is 5.25. The number of hydrogen-bond donors (Lipinski definition) is 2. The van der Waals surface area contributed by atoms with Crippen LogP contribution >= 0.6 is 0 Å². The van der Waals surface area contributed by atoms with E-state index in [1.807, 2.05) is 42.5 Å². The van der Waals surface area contributed by atoms with Gasteiger partial charge in [0.15, 0.2) is 0 Å². The third-order valence-corrected chi connectivity index (χ3v) is 7.42. The zero-order valence-corrected chi connectivity index (χ0v) is 21.8. The number of piperazine rings is 1. The molecule has 0 saturated carbocycles. The number of nitrogens with zero attached hydrogens (tertiary/aromatic N) is 6. The van der Waals surface area contributed by atoms with E-state index in [4.69, 9.17) is 9.97 Å². The second-order valence-electron chi connectivity index (χ2n) is 10.2. The molecule has 5 aromatic rings. The number of fused-ring (bicyclic) bond motifs is 1. The quantitative estimate of drug-likeness (QED) is 0.335. The highest BCUT2D eigenvalue weighted by atomic mass is 16.3. The van der Waals surface area contributed by atoms with Gasteiger partial charge in [0.2, 0.25) is 0 Å². The minimum Gasteiger partial charge on any atom is -0.392 e. The molecule has 2 atom stereocenters. The summed E-state index contributed by atoms with van der Waals surface area (Å²) in [7, 11) is 0. The highest BCUT2D eigenvalue weighted by Gasteiger charge is 2.19. The van der Waals surface area contributed by atoms with E-state index in [2.05, 4.69) is 75.5 Å². The van der Waals surface area contributed by atoms with Crippen molar-refractivity contribution in [3.05, 3.63) is 85.1 Å². The lowest BCUT2D eigenvalue weighted by atomic mass is 10.1. The molecule has 194 valence electrons. The first-order valence-corrected chi connectivity index (χ1v) is 13.2. The predicted octanol–water partition coefficient (Wildman–Crippen LogP) is 4.60. The van der Waals surface area contributed by atoms with Gasteiger partial charge in [-0.05, 0) is 37.6 Å². The summed E-state index contributed by atoms with van der Waals surface area (Å²) in [6.07, 6.45) is 9.58. The van der Waals surface area contributed by atoms with E-state index < -0.39 is 0 Å². The number of aliphatic hydroxyl groups excluding tert-OH is 1. The van der Waals surface area contributed by atoms with Gasteiger partial charge in [-0.2, -0.15) is 5.10 Å². The molecule has 1 aromatic carbocycles. The van der Waals surface area contributed by atoms with Crippen molar-refractivity contribution in [2.24, 2.45) is 0 Å². The molecule has 38 heavy (non-hydrogen) atoms. The zero-order valence-electron chi connectivity index (χ0n) is 21.8. The van der Waals surface area contributed by atoms with Crippen molar-refractivity contribution in [3.63, 3.8) is 0 Å². The van der Waals surface area contributed by atoms with Gasteiger partial charge in [0, 0.05) is 85.2 Å². The Hall–Kier alpha value is -4.01. The van der Waals surface area contributed by atoms with Crippen molar-refractivity contribution >= 4 is 16.9 Å². The Morgan fingerprint density at radius 3 is 2.42 bits per heavy atom. The van der Waals surface area contributed by atoms with Gasteiger partial charge in [-0.1, -0.05) is 30.3 Å². The number of aromatic amines is 1. The van der Waals surface area contributed by atoms with Crippen LogP contribution in [0.5, 0.6) is 0 Å². The number of aliphatic hydroxyl groups is 1. The number of aromatic nitrogens is 5. The number of hydrogen-bond acceptors (Lipinski definition) is 6. The number of β-amino-alcohol motifs (C(OH)–C–C–N with tert-alkyl or cyclic N) is 1. The summed E-state index contributed by atoms with van der Waals surface area (Å²) < 4.78 is 2.01. The van der Waals surface area contributed by atoms with Crippen molar-refractivity contribution < 1.29 is 5.11 Å². The maximum Gasteiger partial charge on any atom is 0.137 e. The molecule has 8 heteroatoms. The molecule has 5 heterocycles. The molecule has 2 N–H and O–H groups in total. The molecule has 1 aliphatic heterocycles. The molecule has 0 spiro atoms. The van der Waals surface area contributed by atoms with Gasteiger partial charge >= 0.3 is 0 Å². The lowest BCUT2D eigenvalue weighted by molar-refractivity contribution is 0.122. The summed E-state index contributed by atoms with van der Waals surface area (Å²) in [6.45, 7) is 8.43. The Bertz CT molecular complexity index is 1500. The topological polar surface area (TPSA) is 86.1 Å². The Labute approximate surface area is 222 Å². The Balaban J connectivity index is 1.21. The van der Waals surface area contributed by atoms with Crippen molar-refractivity contribution in [1.82, 2.24) is 29.6 Å². The second kappa shape index (κ2) is 10.4. The average molecular weight is 508 g/mol. The van der Waals surface area contributed by atoms with E-state index in [0.717, 1.165) is 71.8 Å². The van der Waals surface area contributed by atoms with E-state index >= 15 is 0 Å². The van der Waals surface area contributed by atoms with Gasteiger partial charge in [0.1, 0.15) is 11.5 Å². The van der Waals surface area contributed by atoms with Crippen molar-refractivity contribution in [3.8, 4) is 22.3 Å². The maximum absolute atomic E-state index is 9.65. The summed E-state index contributed by atoms with van der Waals surface area (Å²) >= 11 is 0. The second-order valence-corrected chi connectivity index (χ2v) is 10.2. The number of pyridine rings is 2. The van der Waals surface area contributed by atoms with Gasteiger partial charge in [0.25, 0.3) is 0 Å². The largest absolute Gasteiger partial charge is 0.392 e. The number of anilines is 1. The number of benzene rings is 1. The molecule has 1 unspecified atom stereocenters. The fourth-order valence-corrected chi connectivity index (χ4v) is 5.25. The Morgan fingerprint density at radius 1 is 0.895 bits per heavy atom. The van der Waals surface area contributed by atoms with E-state index in [0.29, 0.717) is 0 Å². The van der Waals surface area contributed by atoms with E-state index in [-0.39, 0.29) is 12.1 Å². The lowest BCUT2D eigenvalue weighted by Gasteiger charge is -2.35. The SMILES string of the molecule is CC(c1ccccc1)n1cc(-c2c[nH]c3ncc(-c4ccc(N5CCN(C[C@H](C)O)CC5)nc4)cc23)cn1. The van der Waals surface area contributed by atoms with Gasteiger partial charge in [0.05, 0.1) is 18.3 Å². The first kappa shape index (κ1) is 24.3. The molecule has 1 saturated heterocycles. The van der Waals surface area contributed by atoms with Crippen molar-refractivity contribution in [1.29, 1.82) is 0 Å². The Kier molecular flexibility index (Phi) is 6.66. The Morgan fingerprint density at radius 2 is 1.68 bits per heavy atom. The highest BCUT2D eigenvalue weighted by Crippen LogP contribution is 2.32.